The van der Waals surface area contributed by atoms with Crippen molar-refractivity contribution in [1.29, 1.82) is 5.26 Å². The van der Waals surface area contributed by atoms with E-state index >= 15 is 0 Å². The predicted octanol–water partition coefficient (Wildman–Crippen LogP) is 2.25. The molecular weight excluding hydrogens is 198 g/mol. The van der Waals surface area contributed by atoms with Crippen LogP contribution in [0.2, 0.25) is 0 Å². The average molecular weight is 205 g/mol. The Hall–Kier alpha value is -1.67. The summed E-state index contributed by atoms with van der Waals surface area (Å²) in [7, 11) is 0. The van der Waals surface area contributed by atoms with E-state index in [9.17, 15) is 0 Å². The molecule has 4 nitrogen and oxygen atoms in total. The average Bonchev–Trinajstić information content (AvgIpc) is 2.85. The summed E-state index contributed by atoms with van der Waals surface area (Å²) < 4.78 is 4.98. The molecule has 0 aliphatic carbocycles. The topological polar surface area (TPSA) is 62.7 Å². The monoisotopic (exact) mass is 205 g/mol. The van der Waals surface area contributed by atoms with Gasteiger partial charge in [0.15, 0.2) is 0 Å². The standard InChI is InChI=1S/C9H7N3OS/c10-5-1-4-8-11-9(12-13-8)7-3-2-6-14-7/h2-3,6H,1,4H2. The highest BCUT2D eigenvalue weighted by molar-refractivity contribution is 7.13. The maximum atomic E-state index is 8.38. The Morgan fingerprint density at radius 2 is 2.50 bits per heavy atom. The zero-order valence-corrected chi connectivity index (χ0v) is 8.12. The van der Waals surface area contributed by atoms with Crippen LogP contribution in [0.1, 0.15) is 12.3 Å². The fourth-order valence-corrected chi connectivity index (χ4v) is 1.67. The minimum absolute atomic E-state index is 0.409. The number of aryl methyl sites for hydroxylation is 1. The van der Waals surface area contributed by atoms with Crippen LogP contribution >= 0.6 is 11.3 Å². The van der Waals surface area contributed by atoms with Crippen molar-refractivity contribution in [3.63, 3.8) is 0 Å². The smallest absolute Gasteiger partial charge is 0.228 e. The number of rotatable bonds is 3. The van der Waals surface area contributed by atoms with Gasteiger partial charge in [-0.05, 0) is 11.4 Å². The van der Waals surface area contributed by atoms with Gasteiger partial charge in [0.25, 0.3) is 0 Å². The Kier molecular flexibility index (Phi) is 2.56. The molecule has 0 unspecified atom stereocenters. The maximum Gasteiger partial charge on any atom is 0.228 e. The van der Waals surface area contributed by atoms with Crippen LogP contribution in [0.4, 0.5) is 0 Å². The molecule has 2 rings (SSSR count). The summed E-state index contributed by atoms with van der Waals surface area (Å²) in [6.45, 7) is 0. The van der Waals surface area contributed by atoms with Crippen LogP contribution < -0.4 is 0 Å². The van der Waals surface area contributed by atoms with E-state index in [1.807, 2.05) is 23.6 Å². The van der Waals surface area contributed by atoms with Crippen LogP contribution in [0.25, 0.3) is 10.7 Å². The van der Waals surface area contributed by atoms with Gasteiger partial charge in [-0.1, -0.05) is 11.2 Å². The predicted molar refractivity (Wildman–Crippen MR) is 51.5 cm³/mol. The van der Waals surface area contributed by atoms with E-state index in [4.69, 9.17) is 9.78 Å². The van der Waals surface area contributed by atoms with Gasteiger partial charge in [0, 0.05) is 12.8 Å². The number of nitrogens with zero attached hydrogens (tertiary/aromatic N) is 3. The lowest BCUT2D eigenvalue weighted by Crippen LogP contribution is -1.82. The molecule has 0 atom stereocenters. The molecule has 0 aliphatic rings. The Bertz CT molecular complexity index is 441. The molecule has 0 saturated carbocycles. The van der Waals surface area contributed by atoms with E-state index in [-0.39, 0.29) is 0 Å². The first-order valence-corrected chi connectivity index (χ1v) is 5.01. The van der Waals surface area contributed by atoms with E-state index < -0.39 is 0 Å². The fourth-order valence-electron chi connectivity index (χ4n) is 1.03. The Morgan fingerprint density at radius 1 is 1.57 bits per heavy atom. The lowest BCUT2D eigenvalue weighted by Gasteiger charge is -1.83. The number of aromatic nitrogens is 2. The minimum Gasteiger partial charge on any atom is -0.339 e. The molecule has 0 fully saturated rings. The lowest BCUT2D eigenvalue weighted by molar-refractivity contribution is 0.380. The normalized spacial score (nSPS) is 9.93. The largest absolute Gasteiger partial charge is 0.339 e. The number of hydrogen-bond acceptors (Lipinski definition) is 5. The molecule has 0 spiro atoms. The molecule has 0 saturated heterocycles. The van der Waals surface area contributed by atoms with Crippen LogP contribution in [0.15, 0.2) is 22.0 Å². The van der Waals surface area contributed by atoms with Crippen molar-refractivity contribution in [2.45, 2.75) is 12.8 Å². The first kappa shape index (κ1) is 8.91. The van der Waals surface area contributed by atoms with Gasteiger partial charge in [-0.25, -0.2) is 0 Å². The van der Waals surface area contributed by atoms with Crippen molar-refractivity contribution < 1.29 is 4.52 Å². The second kappa shape index (κ2) is 4.03. The molecule has 2 heterocycles. The quantitative estimate of drug-likeness (QED) is 0.771. The summed E-state index contributed by atoms with van der Waals surface area (Å²) in [4.78, 5) is 5.16. The molecule has 0 bridgehead atoms. The van der Waals surface area contributed by atoms with Gasteiger partial charge in [-0.2, -0.15) is 10.2 Å². The first-order valence-electron chi connectivity index (χ1n) is 4.13. The Labute approximate surface area is 84.8 Å². The van der Waals surface area contributed by atoms with Gasteiger partial charge in [0.05, 0.1) is 10.9 Å². The molecule has 5 heteroatoms. The zero-order chi connectivity index (χ0) is 9.80. The van der Waals surface area contributed by atoms with E-state index in [1.54, 1.807) is 11.3 Å². The number of nitriles is 1. The first-order chi connectivity index (χ1) is 6.90. The summed E-state index contributed by atoms with van der Waals surface area (Å²) >= 11 is 1.56. The van der Waals surface area contributed by atoms with Gasteiger partial charge in [-0.15, -0.1) is 11.3 Å². The van der Waals surface area contributed by atoms with E-state index in [2.05, 4.69) is 10.1 Å². The highest BCUT2D eigenvalue weighted by Gasteiger charge is 2.08. The van der Waals surface area contributed by atoms with Crippen molar-refractivity contribution in [3.05, 3.63) is 23.4 Å². The summed E-state index contributed by atoms with van der Waals surface area (Å²) in [5.41, 5.74) is 0. The molecule has 70 valence electrons. The molecule has 0 amide bonds. The van der Waals surface area contributed by atoms with Crippen LogP contribution in [0.3, 0.4) is 0 Å². The molecule has 0 aromatic carbocycles. The summed E-state index contributed by atoms with van der Waals surface area (Å²) in [5.74, 6) is 1.13. The van der Waals surface area contributed by atoms with Crippen molar-refractivity contribution >= 4 is 11.3 Å². The summed E-state index contributed by atoms with van der Waals surface area (Å²) in [6.07, 6.45) is 0.931. The molecule has 0 N–H and O–H groups in total. The van der Waals surface area contributed by atoms with Gasteiger partial charge >= 0.3 is 0 Å². The molecule has 0 radical (unpaired) electrons. The number of hydrogen-bond donors (Lipinski definition) is 0. The van der Waals surface area contributed by atoms with Gasteiger partial charge in [0.1, 0.15) is 0 Å². The van der Waals surface area contributed by atoms with Crippen LogP contribution in [-0.4, -0.2) is 10.1 Å². The molecule has 2 aromatic heterocycles. The highest BCUT2D eigenvalue weighted by Crippen LogP contribution is 2.21. The van der Waals surface area contributed by atoms with Crippen molar-refractivity contribution in [1.82, 2.24) is 10.1 Å². The third kappa shape index (κ3) is 1.80. The van der Waals surface area contributed by atoms with Crippen LogP contribution in [-0.2, 0) is 6.42 Å². The molecule has 0 aliphatic heterocycles. The Balaban J connectivity index is 2.15. The van der Waals surface area contributed by atoms with E-state index in [0.717, 1.165) is 4.88 Å². The summed E-state index contributed by atoms with van der Waals surface area (Å²) in [6, 6.07) is 5.90. The Morgan fingerprint density at radius 3 is 3.21 bits per heavy atom. The maximum absolute atomic E-state index is 8.38. The van der Waals surface area contributed by atoms with Crippen molar-refractivity contribution in [2.24, 2.45) is 0 Å². The van der Waals surface area contributed by atoms with Crippen molar-refractivity contribution in [2.75, 3.05) is 0 Å². The third-order valence-corrected chi connectivity index (χ3v) is 2.53. The van der Waals surface area contributed by atoms with Crippen LogP contribution in [0, 0.1) is 11.3 Å². The second-order valence-corrected chi connectivity index (χ2v) is 3.59. The zero-order valence-electron chi connectivity index (χ0n) is 7.30. The van der Waals surface area contributed by atoms with Gasteiger partial charge < -0.3 is 4.52 Å². The summed E-state index contributed by atoms with van der Waals surface area (Å²) in [5, 5.41) is 14.2. The van der Waals surface area contributed by atoms with Gasteiger partial charge in [-0.3, -0.25) is 0 Å². The minimum atomic E-state index is 0.409. The third-order valence-electron chi connectivity index (χ3n) is 1.66. The molecular formula is C9H7N3OS. The fraction of sp³-hybridized carbons (Fsp3) is 0.222. The van der Waals surface area contributed by atoms with Crippen LogP contribution in [0.5, 0.6) is 0 Å². The van der Waals surface area contributed by atoms with E-state index in [0.29, 0.717) is 24.6 Å². The molecule has 2 aromatic rings. The SMILES string of the molecule is N#CCCc1nc(-c2cccs2)no1. The van der Waals surface area contributed by atoms with Crippen molar-refractivity contribution in [3.8, 4) is 16.8 Å². The number of thiophene rings is 1. The molecule has 14 heavy (non-hydrogen) atoms. The second-order valence-electron chi connectivity index (χ2n) is 2.65. The van der Waals surface area contributed by atoms with Gasteiger partial charge in [0.2, 0.25) is 11.7 Å². The van der Waals surface area contributed by atoms with E-state index in [1.165, 1.54) is 0 Å². The highest BCUT2D eigenvalue weighted by atomic mass is 32.1. The lowest BCUT2D eigenvalue weighted by atomic mass is 10.3.